The third kappa shape index (κ3) is 4.47. The molecule has 88 valence electrons. The summed E-state index contributed by atoms with van der Waals surface area (Å²) in [5, 5.41) is 0. The van der Waals surface area contributed by atoms with Gasteiger partial charge >= 0.3 is 0 Å². The SMILES string of the molecule is FP(=S)(Sc1ccccc1)Sc1ccccc1. The van der Waals surface area contributed by atoms with E-state index < -0.39 is 4.75 Å². The lowest BCUT2D eigenvalue weighted by Crippen LogP contribution is -1.69. The zero-order chi connectivity index (χ0) is 12.1. The second kappa shape index (κ2) is 6.05. The van der Waals surface area contributed by atoms with Crippen LogP contribution in [0.2, 0.25) is 0 Å². The quantitative estimate of drug-likeness (QED) is 0.658. The van der Waals surface area contributed by atoms with Crippen molar-refractivity contribution in [3.63, 3.8) is 0 Å². The molecule has 0 saturated carbocycles. The van der Waals surface area contributed by atoms with E-state index in [1.54, 1.807) is 0 Å². The average Bonchev–Trinajstić information content (AvgIpc) is 2.30. The molecule has 0 heterocycles. The van der Waals surface area contributed by atoms with Crippen molar-refractivity contribution in [2.75, 3.05) is 0 Å². The molecule has 2 rings (SSSR count). The fourth-order valence-electron chi connectivity index (χ4n) is 1.23. The Balaban J connectivity index is 2.07. The highest BCUT2D eigenvalue weighted by molar-refractivity contribution is 8.99. The zero-order valence-electron chi connectivity index (χ0n) is 8.82. The Hall–Kier alpha value is -0.280. The van der Waals surface area contributed by atoms with Gasteiger partial charge in [-0.15, -0.1) is 0 Å². The lowest BCUT2D eigenvalue weighted by atomic mass is 10.4. The molecule has 0 aromatic heterocycles. The summed E-state index contributed by atoms with van der Waals surface area (Å²) in [5.41, 5.74) is 0. The van der Waals surface area contributed by atoms with Gasteiger partial charge in [-0.1, -0.05) is 36.4 Å². The van der Waals surface area contributed by atoms with Crippen molar-refractivity contribution < 1.29 is 4.20 Å². The van der Waals surface area contributed by atoms with Gasteiger partial charge < -0.3 is 0 Å². The normalized spacial score (nSPS) is 11.4. The minimum absolute atomic E-state index is 0.891. The molecular weight excluding hydrogens is 290 g/mol. The van der Waals surface area contributed by atoms with E-state index in [9.17, 15) is 4.20 Å². The van der Waals surface area contributed by atoms with Crippen molar-refractivity contribution in [2.24, 2.45) is 0 Å². The van der Waals surface area contributed by atoms with Crippen LogP contribution < -0.4 is 0 Å². The highest BCUT2D eigenvalue weighted by Gasteiger charge is 2.19. The summed E-state index contributed by atoms with van der Waals surface area (Å²) in [5.74, 6) is 0. The zero-order valence-corrected chi connectivity index (χ0v) is 12.2. The minimum Gasteiger partial charge on any atom is -0.194 e. The Morgan fingerprint density at radius 3 is 1.47 bits per heavy atom. The molecule has 0 aliphatic rings. The Morgan fingerprint density at radius 1 is 0.765 bits per heavy atom. The average molecular weight is 300 g/mol. The van der Waals surface area contributed by atoms with E-state index in [0.717, 1.165) is 32.6 Å². The molecule has 0 saturated heterocycles. The first kappa shape index (κ1) is 13.2. The van der Waals surface area contributed by atoms with Gasteiger partial charge in [0, 0.05) is 9.79 Å². The molecule has 0 fully saturated rings. The second-order valence-electron chi connectivity index (χ2n) is 3.24. The van der Waals surface area contributed by atoms with E-state index in [2.05, 4.69) is 0 Å². The van der Waals surface area contributed by atoms with Gasteiger partial charge in [-0.3, -0.25) is 0 Å². The van der Waals surface area contributed by atoms with Gasteiger partial charge in [0.2, 0.25) is 4.75 Å². The van der Waals surface area contributed by atoms with Crippen molar-refractivity contribution in [3.8, 4) is 0 Å². The van der Waals surface area contributed by atoms with Crippen molar-refractivity contribution in [1.29, 1.82) is 0 Å². The van der Waals surface area contributed by atoms with E-state index in [-0.39, 0.29) is 0 Å². The fourth-order valence-corrected chi connectivity index (χ4v) is 8.12. The monoisotopic (exact) mass is 300 g/mol. The number of benzene rings is 2. The van der Waals surface area contributed by atoms with Crippen LogP contribution in [0.15, 0.2) is 70.5 Å². The Morgan fingerprint density at radius 2 is 1.12 bits per heavy atom. The Kier molecular flexibility index (Phi) is 4.69. The third-order valence-corrected chi connectivity index (χ3v) is 8.57. The second-order valence-corrected chi connectivity index (χ2v) is 13.1. The lowest BCUT2D eigenvalue weighted by molar-refractivity contribution is 0.928. The largest absolute Gasteiger partial charge is 0.228 e. The molecule has 0 aliphatic carbocycles. The minimum atomic E-state index is -2.97. The van der Waals surface area contributed by atoms with Crippen molar-refractivity contribution in [1.82, 2.24) is 0 Å². The van der Waals surface area contributed by atoms with E-state index in [4.69, 9.17) is 11.8 Å². The molecule has 0 atom stereocenters. The topological polar surface area (TPSA) is 0 Å². The summed E-state index contributed by atoms with van der Waals surface area (Å²) >= 11 is 7.40. The Labute approximate surface area is 114 Å². The highest BCUT2D eigenvalue weighted by atomic mass is 33.2. The first-order valence-corrected chi connectivity index (χ1v) is 10.5. The van der Waals surface area contributed by atoms with Crippen molar-refractivity contribution in [2.45, 2.75) is 9.79 Å². The summed E-state index contributed by atoms with van der Waals surface area (Å²) < 4.78 is 11.3. The molecule has 0 aliphatic heterocycles. The van der Waals surface area contributed by atoms with Crippen LogP contribution in [0.25, 0.3) is 0 Å². The van der Waals surface area contributed by atoms with E-state index in [0.29, 0.717) is 0 Å². The Bertz CT molecular complexity index is 470. The predicted molar refractivity (Wildman–Crippen MR) is 80.0 cm³/mol. The molecule has 0 unspecified atom stereocenters. The molecule has 2 aromatic carbocycles. The van der Waals surface area contributed by atoms with Crippen molar-refractivity contribution in [3.05, 3.63) is 60.7 Å². The molecule has 0 spiro atoms. The van der Waals surface area contributed by atoms with Crippen LogP contribution in [-0.2, 0) is 11.8 Å². The van der Waals surface area contributed by atoms with Gasteiger partial charge in [-0.2, -0.15) is 4.20 Å². The molecule has 0 nitrogen and oxygen atoms in total. The molecule has 17 heavy (non-hydrogen) atoms. The summed E-state index contributed by atoms with van der Waals surface area (Å²) in [4.78, 5) is 1.78. The number of halogens is 1. The maximum absolute atomic E-state index is 14.3. The fraction of sp³-hybridized carbons (Fsp3) is 0. The highest BCUT2D eigenvalue weighted by Crippen LogP contribution is 2.74. The number of hydrogen-bond acceptors (Lipinski definition) is 3. The van der Waals surface area contributed by atoms with Gasteiger partial charge in [0.25, 0.3) is 0 Å². The van der Waals surface area contributed by atoms with E-state index in [1.807, 2.05) is 60.7 Å². The first-order chi connectivity index (χ1) is 8.16. The standard InChI is InChI=1S/C12H10FPS3/c13-14(15,16-11-7-3-1-4-8-11)17-12-9-5-2-6-10-12/h1-10H. The third-order valence-electron chi connectivity index (χ3n) is 1.92. The van der Waals surface area contributed by atoms with Gasteiger partial charge in [0.15, 0.2) is 0 Å². The summed E-state index contributed by atoms with van der Waals surface area (Å²) in [7, 11) is 0. The van der Waals surface area contributed by atoms with Crippen LogP contribution in [0.1, 0.15) is 0 Å². The maximum Gasteiger partial charge on any atom is 0.228 e. The molecule has 0 amide bonds. The molecule has 0 bridgehead atoms. The molecule has 2 aromatic rings. The van der Waals surface area contributed by atoms with Crippen LogP contribution in [0.3, 0.4) is 0 Å². The van der Waals surface area contributed by atoms with E-state index in [1.165, 1.54) is 0 Å². The molecule has 0 N–H and O–H groups in total. The van der Waals surface area contributed by atoms with Gasteiger partial charge in [-0.25, -0.2) is 0 Å². The predicted octanol–water partition coefficient (Wildman–Crippen LogP) is 5.77. The summed E-state index contributed by atoms with van der Waals surface area (Å²) in [6, 6.07) is 18.9. The molecule has 0 radical (unpaired) electrons. The first-order valence-electron chi connectivity index (χ1n) is 4.95. The van der Waals surface area contributed by atoms with Gasteiger partial charge in [0.05, 0.1) is 0 Å². The van der Waals surface area contributed by atoms with Crippen LogP contribution >= 0.6 is 27.5 Å². The van der Waals surface area contributed by atoms with Gasteiger partial charge in [-0.05, 0) is 58.8 Å². The summed E-state index contributed by atoms with van der Waals surface area (Å²) in [6.07, 6.45) is 0. The smallest absolute Gasteiger partial charge is 0.194 e. The summed E-state index contributed by atoms with van der Waals surface area (Å²) in [6.45, 7) is 0. The van der Waals surface area contributed by atoms with E-state index >= 15 is 0 Å². The lowest BCUT2D eigenvalue weighted by Gasteiger charge is -2.10. The van der Waals surface area contributed by atoms with Crippen LogP contribution in [0, 0.1) is 0 Å². The van der Waals surface area contributed by atoms with Gasteiger partial charge in [0.1, 0.15) is 0 Å². The maximum atomic E-state index is 14.3. The van der Waals surface area contributed by atoms with Crippen LogP contribution in [0.5, 0.6) is 0 Å². The van der Waals surface area contributed by atoms with Crippen LogP contribution in [-0.4, -0.2) is 0 Å². The molecular formula is C12H10FPS3. The number of rotatable bonds is 4. The molecule has 5 heteroatoms. The number of hydrogen-bond donors (Lipinski definition) is 0. The van der Waals surface area contributed by atoms with Crippen molar-refractivity contribution >= 4 is 39.3 Å². The van der Waals surface area contributed by atoms with Crippen LogP contribution in [0.4, 0.5) is 4.20 Å².